The number of rotatable bonds is 5. The van der Waals surface area contributed by atoms with Gasteiger partial charge in [-0.1, -0.05) is 24.1 Å². The van der Waals surface area contributed by atoms with Crippen LogP contribution in [0, 0.1) is 11.8 Å². The number of fused-ring (bicyclic) bond motifs is 1. The van der Waals surface area contributed by atoms with Gasteiger partial charge in [0.25, 0.3) is 0 Å². The molecule has 0 radical (unpaired) electrons. The standard InChI is InChI=1S/C16H15N5O2S/c22-24(23)17-12-14-8-5-7-13(18-14)6-3-4-11-21-19-15-9-1-2-10-16(15)20-21/h1-2,5,7-10,17H,4,11-12H2,(H,22,23)/p-1. The lowest BCUT2D eigenvalue weighted by molar-refractivity contribution is 0.522. The number of nitrogens with zero attached hydrogens (tertiary/aromatic N) is 4. The van der Waals surface area contributed by atoms with Crippen molar-refractivity contribution in [1.29, 1.82) is 0 Å². The SMILES string of the molecule is O=S([O-])NCc1cccc(C#CCCn2nc3ccccc3n2)n1. The zero-order valence-electron chi connectivity index (χ0n) is 12.7. The van der Waals surface area contributed by atoms with E-state index in [1.165, 1.54) is 0 Å². The number of aromatic nitrogens is 4. The van der Waals surface area contributed by atoms with Crippen molar-refractivity contribution in [2.45, 2.75) is 19.5 Å². The summed E-state index contributed by atoms with van der Waals surface area (Å²) < 4.78 is 23.3. The first-order valence-electron chi connectivity index (χ1n) is 7.28. The van der Waals surface area contributed by atoms with Crippen LogP contribution in [0.3, 0.4) is 0 Å². The van der Waals surface area contributed by atoms with Crippen LogP contribution in [0.2, 0.25) is 0 Å². The van der Waals surface area contributed by atoms with E-state index in [-0.39, 0.29) is 6.54 Å². The molecule has 0 fully saturated rings. The summed E-state index contributed by atoms with van der Waals surface area (Å²) in [6, 6.07) is 13.0. The molecule has 0 amide bonds. The van der Waals surface area contributed by atoms with E-state index in [2.05, 4.69) is 31.7 Å². The molecule has 2 aromatic heterocycles. The van der Waals surface area contributed by atoms with Gasteiger partial charge in [0.2, 0.25) is 0 Å². The Hall–Kier alpha value is -2.60. The van der Waals surface area contributed by atoms with E-state index in [0.717, 1.165) is 11.0 Å². The summed E-state index contributed by atoms with van der Waals surface area (Å²) >= 11 is -2.30. The molecule has 7 nitrogen and oxygen atoms in total. The van der Waals surface area contributed by atoms with Crippen molar-refractivity contribution in [3.8, 4) is 11.8 Å². The van der Waals surface area contributed by atoms with Gasteiger partial charge in [-0.05, 0) is 30.2 Å². The highest BCUT2D eigenvalue weighted by Crippen LogP contribution is 2.07. The molecule has 0 bridgehead atoms. The monoisotopic (exact) mass is 340 g/mol. The molecule has 0 aliphatic carbocycles. The highest BCUT2D eigenvalue weighted by Gasteiger charge is 2.00. The smallest absolute Gasteiger partial charge is 0.113 e. The first-order chi connectivity index (χ1) is 11.7. The van der Waals surface area contributed by atoms with E-state index in [1.807, 2.05) is 24.3 Å². The van der Waals surface area contributed by atoms with Crippen LogP contribution in [0.25, 0.3) is 11.0 Å². The average molecular weight is 340 g/mol. The molecule has 24 heavy (non-hydrogen) atoms. The number of pyridine rings is 1. The van der Waals surface area contributed by atoms with Gasteiger partial charge < -0.3 is 4.55 Å². The van der Waals surface area contributed by atoms with Gasteiger partial charge in [-0.2, -0.15) is 15.0 Å². The van der Waals surface area contributed by atoms with Crippen LogP contribution in [0.1, 0.15) is 17.8 Å². The quantitative estimate of drug-likeness (QED) is 0.555. The lowest BCUT2D eigenvalue weighted by Gasteiger charge is -2.06. The van der Waals surface area contributed by atoms with Crippen LogP contribution in [0.15, 0.2) is 42.5 Å². The van der Waals surface area contributed by atoms with E-state index in [0.29, 0.717) is 24.4 Å². The van der Waals surface area contributed by atoms with E-state index in [9.17, 15) is 8.76 Å². The highest BCUT2D eigenvalue weighted by molar-refractivity contribution is 7.77. The Balaban J connectivity index is 1.59. The zero-order valence-corrected chi connectivity index (χ0v) is 13.5. The second-order valence-electron chi connectivity index (χ2n) is 4.91. The van der Waals surface area contributed by atoms with Gasteiger partial charge in [-0.15, -0.1) is 0 Å². The Labute approximate surface area is 141 Å². The van der Waals surface area contributed by atoms with Crippen molar-refractivity contribution in [2.24, 2.45) is 0 Å². The van der Waals surface area contributed by atoms with Gasteiger partial charge in [-0.3, -0.25) is 4.21 Å². The molecule has 0 spiro atoms. The molecule has 0 aliphatic rings. The van der Waals surface area contributed by atoms with Crippen molar-refractivity contribution in [2.75, 3.05) is 0 Å². The van der Waals surface area contributed by atoms with Gasteiger partial charge in [0.05, 0.1) is 12.2 Å². The molecular formula is C16H14N5O2S-. The Morgan fingerprint density at radius 3 is 2.58 bits per heavy atom. The highest BCUT2D eigenvalue weighted by atomic mass is 32.2. The molecule has 0 saturated heterocycles. The molecule has 1 N–H and O–H groups in total. The van der Waals surface area contributed by atoms with Crippen LogP contribution in [-0.2, 0) is 24.4 Å². The van der Waals surface area contributed by atoms with Gasteiger partial charge >= 0.3 is 0 Å². The topological polar surface area (TPSA) is 95.8 Å². The predicted octanol–water partition coefficient (Wildman–Crippen LogP) is 1.15. The fraction of sp³-hybridized carbons (Fsp3) is 0.188. The van der Waals surface area contributed by atoms with Crippen molar-refractivity contribution >= 4 is 22.3 Å². The Kier molecular flexibility index (Phi) is 5.28. The lowest BCUT2D eigenvalue weighted by atomic mass is 10.3. The summed E-state index contributed by atoms with van der Waals surface area (Å²) in [5.41, 5.74) is 2.95. The van der Waals surface area contributed by atoms with Crippen molar-refractivity contribution < 1.29 is 8.76 Å². The third-order valence-corrected chi connectivity index (χ3v) is 3.54. The molecular weight excluding hydrogens is 326 g/mol. The fourth-order valence-corrected chi connectivity index (χ4v) is 2.36. The minimum Gasteiger partial charge on any atom is -0.760 e. The average Bonchev–Trinajstić information content (AvgIpc) is 3.00. The third-order valence-electron chi connectivity index (χ3n) is 3.16. The third kappa shape index (κ3) is 4.45. The largest absolute Gasteiger partial charge is 0.760 e. The Bertz CT molecular complexity index is 896. The summed E-state index contributed by atoms with van der Waals surface area (Å²) in [4.78, 5) is 5.91. The molecule has 3 aromatic rings. The van der Waals surface area contributed by atoms with Gasteiger partial charge in [0, 0.05) is 24.2 Å². The van der Waals surface area contributed by atoms with Crippen molar-refractivity contribution in [1.82, 2.24) is 24.7 Å². The number of hydrogen-bond acceptors (Lipinski definition) is 5. The number of benzene rings is 1. The van der Waals surface area contributed by atoms with E-state index < -0.39 is 11.3 Å². The van der Waals surface area contributed by atoms with Crippen LogP contribution >= 0.6 is 0 Å². The number of aryl methyl sites for hydroxylation is 1. The first-order valence-corrected chi connectivity index (χ1v) is 8.36. The van der Waals surface area contributed by atoms with Gasteiger partial charge in [0.1, 0.15) is 16.7 Å². The molecule has 1 unspecified atom stereocenters. The molecule has 3 rings (SSSR count). The number of nitrogens with one attached hydrogen (secondary N) is 1. The zero-order chi connectivity index (χ0) is 16.8. The summed E-state index contributed by atoms with van der Waals surface area (Å²) in [6.45, 7) is 0.744. The Morgan fingerprint density at radius 1 is 1.12 bits per heavy atom. The minimum atomic E-state index is -2.30. The fourth-order valence-electron chi connectivity index (χ4n) is 2.09. The maximum Gasteiger partial charge on any atom is 0.113 e. The minimum absolute atomic E-state index is 0.148. The van der Waals surface area contributed by atoms with E-state index in [4.69, 9.17) is 0 Å². The summed E-state index contributed by atoms with van der Waals surface area (Å²) in [6.07, 6.45) is 0.593. The second-order valence-corrected chi connectivity index (χ2v) is 5.66. The Morgan fingerprint density at radius 2 is 1.88 bits per heavy atom. The van der Waals surface area contributed by atoms with E-state index >= 15 is 0 Å². The molecule has 1 atom stereocenters. The normalized spacial score (nSPS) is 11.9. The maximum absolute atomic E-state index is 10.5. The summed E-state index contributed by atoms with van der Waals surface area (Å²) in [7, 11) is 0. The molecule has 1 aromatic carbocycles. The van der Waals surface area contributed by atoms with Gasteiger partial charge in [0.15, 0.2) is 0 Å². The molecule has 122 valence electrons. The first kappa shape index (κ1) is 16.3. The van der Waals surface area contributed by atoms with Crippen molar-refractivity contribution in [3.05, 3.63) is 53.9 Å². The molecule has 0 saturated carbocycles. The van der Waals surface area contributed by atoms with Crippen LogP contribution in [0.5, 0.6) is 0 Å². The van der Waals surface area contributed by atoms with Crippen LogP contribution in [-0.4, -0.2) is 28.7 Å². The number of hydrogen-bond donors (Lipinski definition) is 1. The van der Waals surface area contributed by atoms with Crippen LogP contribution < -0.4 is 4.72 Å². The molecule has 8 heteroatoms. The van der Waals surface area contributed by atoms with Gasteiger partial charge in [-0.25, -0.2) is 9.71 Å². The van der Waals surface area contributed by atoms with Crippen LogP contribution in [0.4, 0.5) is 0 Å². The van der Waals surface area contributed by atoms with E-state index in [1.54, 1.807) is 23.0 Å². The maximum atomic E-state index is 10.5. The molecule has 0 aliphatic heterocycles. The predicted molar refractivity (Wildman–Crippen MR) is 89.0 cm³/mol. The lowest BCUT2D eigenvalue weighted by Crippen LogP contribution is -2.16. The second kappa shape index (κ2) is 7.79. The molecule has 2 heterocycles. The van der Waals surface area contributed by atoms with Crippen molar-refractivity contribution in [3.63, 3.8) is 0 Å². The summed E-state index contributed by atoms with van der Waals surface area (Å²) in [5, 5.41) is 8.74. The summed E-state index contributed by atoms with van der Waals surface area (Å²) in [5.74, 6) is 6.00.